The van der Waals surface area contributed by atoms with E-state index in [9.17, 15) is 19.5 Å². The van der Waals surface area contributed by atoms with Gasteiger partial charge in [0.1, 0.15) is 34.3 Å². The van der Waals surface area contributed by atoms with E-state index in [2.05, 4.69) is 5.32 Å². The second-order valence-electron chi connectivity index (χ2n) is 12.5. The number of amides is 2. The fourth-order valence-electron chi connectivity index (χ4n) is 5.79. The van der Waals surface area contributed by atoms with E-state index in [1.54, 1.807) is 27.8 Å². The number of hydrogen-bond donors (Lipinski definition) is 2. The molecule has 0 aliphatic carbocycles. The van der Waals surface area contributed by atoms with Crippen LogP contribution in [0.1, 0.15) is 59.9 Å². The number of halogens is 1. The Morgan fingerprint density at radius 1 is 1.26 bits per heavy atom. The maximum Gasteiger partial charge on any atom is 0.409 e. The average Bonchev–Trinajstić information content (AvgIpc) is 3.63. The molecule has 2 saturated heterocycles. The number of nitrogens with zero attached hydrogens (tertiary/aromatic N) is 1. The molecule has 2 N–H and O–H groups in total. The Morgan fingerprint density at radius 3 is 2.60 bits per heavy atom. The van der Waals surface area contributed by atoms with Gasteiger partial charge in [0.2, 0.25) is 5.91 Å². The van der Waals surface area contributed by atoms with Gasteiger partial charge in [0.25, 0.3) is 0 Å². The van der Waals surface area contributed by atoms with Crippen molar-refractivity contribution >= 4 is 35.3 Å². The summed E-state index contributed by atoms with van der Waals surface area (Å²) >= 11 is 6.68. The number of carbonyl (C=O) groups excluding carboxylic acids is 3. The van der Waals surface area contributed by atoms with Gasteiger partial charge in [0.05, 0.1) is 31.2 Å². The Kier molecular flexibility index (Phi) is 9.54. The molecule has 2 fully saturated rings. The normalized spacial score (nSPS) is 35.2. The van der Waals surface area contributed by atoms with E-state index in [4.69, 9.17) is 30.5 Å². The summed E-state index contributed by atoms with van der Waals surface area (Å²) in [5.74, 6) is -1.63. The molecule has 10 nitrogen and oxygen atoms in total. The molecule has 0 spiro atoms. The van der Waals surface area contributed by atoms with E-state index >= 15 is 0 Å². The number of hydrogen-bond acceptors (Lipinski definition) is 8. The summed E-state index contributed by atoms with van der Waals surface area (Å²) in [5, 5.41) is 14.4. The number of nitrogens with one attached hydrogen (secondary N) is 1. The fraction of sp³-hybridized carbons (Fsp3) is 0.594. The quantitative estimate of drug-likeness (QED) is 0.360. The van der Waals surface area contributed by atoms with Crippen LogP contribution in [0.5, 0.6) is 5.75 Å². The van der Waals surface area contributed by atoms with Crippen LogP contribution < -0.4 is 15.0 Å². The summed E-state index contributed by atoms with van der Waals surface area (Å²) in [6.07, 6.45) is 3.25. The smallest absolute Gasteiger partial charge is 0.409 e. The zero-order valence-corrected chi connectivity index (χ0v) is 26.9. The predicted octanol–water partition coefficient (Wildman–Crippen LogP) is 4.94. The molecule has 2 amide bonds. The van der Waals surface area contributed by atoms with E-state index in [0.717, 1.165) is 11.1 Å². The number of rotatable bonds is 3. The summed E-state index contributed by atoms with van der Waals surface area (Å²) in [6, 6.07) is 3.67. The Hall–Kier alpha value is -3.08. The molecule has 0 radical (unpaired) electrons. The number of benzene rings is 1. The monoisotopic (exact) mass is 618 g/mol. The third-order valence-electron chi connectivity index (χ3n) is 8.82. The first-order valence-electron chi connectivity index (χ1n) is 14.7. The molecule has 3 aliphatic heterocycles. The van der Waals surface area contributed by atoms with Crippen LogP contribution in [-0.4, -0.2) is 66.9 Å². The number of methoxy groups -OCH3 is 1. The lowest BCUT2D eigenvalue weighted by molar-refractivity contribution is -0.157. The second-order valence-corrected chi connectivity index (χ2v) is 12.9. The third-order valence-corrected chi connectivity index (χ3v) is 9.20. The van der Waals surface area contributed by atoms with Gasteiger partial charge >= 0.3 is 12.1 Å². The number of allylic oxidation sites excluding steroid dienone is 3. The van der Waals surface area contributed by atoms with Gasteiger partial charge in [0, 0.05) is 25.3 Å². The van der Waals surface area contributed by atoms with Crippen molar-refractivity contribution in [2.45, 2.75) is 90.4 Å². The highest BCUT2D eigenvalue weighted by Gasteiger charge is 2.64. The molecule has 7 atom stereocenters. The van der Waals surface area contributed by atoms with Gasteiger partial charge in [-0.15, -0.1) is 0 Å². The molecule has 3 aliphatic rings. The number of epoxide rings is 1. The van der Waals surface area contributed by atoms with Gasteiger partial charge in [-0.1, -0.05) is 63.1 Å². The van der Waals surface area contributed by atoms with E-state index in [1.807, 2.05) is 51.1 Å². The summed E-state index contributed by atoms with van der Waals surface area (Å²) in [5.41, 5.74) is -0.247. The highest BCUT2D eigenvalue weighted by molar-refractivity contribution is 6.35. The Morgan fingerprint density at radius 2 is 1.95 bits per heavy atom. The van der Waals surface area contributed by atoms with Crippen molar-refractivity contribution in [3.63, 3.8) is 0 Å². The van der Waals surface area contributed by atoms with Gasteiger partial charge < -0.3 is 29.0 Å². The lowest BCUT2D eigenvalue weighted by Crippen LogP contribution is -2.60. The first kappa shape index (κ1) is 32.8. The van der Waals surface area contributed by atoms with Crippen LogP contribution in [0.2, 0.25) is 5.02 Å². The lowest BCUT2D eigenvalue weighted by atomic mass is 9.82. The van der Waals surface area contributed by atoms with Crippen LogP contribution in [0.15, 0.2) is 35.9 Å². The molecular weight excluding hydrogens is 576 g/mol. The first-order chi connectivity index (χ1) is 20.1. The van der Waals surface area contributed by atoms with E-state index in [1.165, 1.54) is 12.0 Å². The van der Waals surface area contributed by atoms with E-state index in [-0.39, 0.29) is 29.7 Å². The maximum atomic E-state index is 13.8. The van der Waals surface area contributed by atoms with Crippen molar-refractivity contribution < 1.29 is 38.4 Å². The zero-order chi connectivity index (χ0) is 31.9. The molecule has 1 aromatic rings. The van der Waals surface area contributed by atoms with Gasteiger partial charge in [-0.05, 0) is 38.0 Å². The van der Waals surface area contributed by atoms with Crippen LogP contribution in [0.3, 0.4) is 0 Å². The van der Waals surface area contributed by atoms with Crippen molar-refractivity contribution in [1.29, 1.82) is 0 Å². The fourth-order valence-corrected chi connectivity index (χ4v) is 6.10. The summed E-state index contributed by atoms with van der Waals surface area (Å²) in [6.45, 7) is 10.9. The van der Waals surface area contributed by atoms with Crippen molar-refractivity contribution in [3.8, 4) is 5.75 Å². The van der Waals surface area contributed by atoms with Crippen LogP contribution in [0.4, 0.5) is 10.5 Å². The summed E-state index contributed by atoms with van der Waals surface area (Å²) in [4.78, 5) is 40.6. The topological polar surface area (TPSA) is 127 Å². The van der Waals surface area contributed by atoms with Crippen molar-refractivity contribution in [2.75, 3.05) is 19.1 Å². The van der Waals surface area contributed by atoms with Gasteiger partial charge in [-0.3, -0.25) is 14.9 Å². The van der Waals surface area contributed by atoms with Gasteiger partial charge in [-0.2, -0.15) is 0 Å². The zero-order valence-electron chi connectivity index (χ0n) is 26.1. The van der Waals surface area contributed by atoms with Gasteiger partial charge in [-0.25, -0.2) is 4.79 Å². The number of esters is 1. The number of ether oxygens (including phenoxy) is 4. The highest BCUT2D eigenvalue weighted by atomic mass is 35.5. The van der Waals surface area contributed by atoms with E-state index in [0.29, 0.717) is 17.9 Å². The SMILES string of the molecule is COc1cc2cc(c1Cl)N(C)C(=O)C[C@H](OC(=O)C(C)C)[C@]1(C)O[C@H]1[C@H](C)[C@@H]1C[C@@](O)(NC(=O)O1)[C@H](C)/C=C/C=C(\C)C2. The molecule has 236 valence electrons. The number of fused-ring (bicyclic) bond motifs is 5. The van der Waals surface area contributed by atoms with Crippen LogP contribution in [0, 0.1) is 17.8 Å². The van der Waals surface area contributed by atoms with E-state index < -0.39 is 53.5 Å². The number of anilines is 1. The Bertz CT molecular complexity index is 1330. The predicted molar refractivity (Wildman–Crippen MR) is 162 cm³/mol. The minimum atomic E-state index is -1.55. The maximum absolute atomic E-state index is 13.8. The number of carbonyl (C=O) groups is 3. The Labute approximate surface area is 258 Å². The second kappa shape index (κ2) is 12.5. The molecule has 0 aromatic heterocycles. The standard InChI is InChI=1S/C32H43ClN2O8/c1-17(2)29(37)42-25-15-26(36)35(7)22-13-21(14-23(40-8)27(22)33)12-18(3)10-9-11-19(4)32(39)16-24(41-30(38)34-32)20(5)28-31(25,6)43-28/h9-11,13-14,17,19-20,24-25,28,39H,12,15-16H2,1-8H3,(H,34,38)/b11-9+,18-10+/t19-,20-,24+,25+,28+,31+,32+/m1/s1. The van der Waals surface area contributed by atoms with Crippen molar-refractivity contribution in [1.82, 2.24) is 5.32 Å². The minimum absolute atomic E-state index is 0.117. The molecule has 0 saturated carbocycles. The first-order valence-corrected chi connectivity index (χ1v) is 15.0. The third kappa shape index (κ3) is 6.86. The molecule has 4 rings (SSSR count). The number of alkyl carbamates (subject to hydrolysis) is 1. The molecule has 3 heterocycles. The largest absolute Gasteiger partial charge is 0.495 e. The highest BCUT2D eigenvalue weighted by Crippen LogP contribution is 2.49. The number of aliphatic hydroxyl groups is 1. The molecular formula is C32H43ClN2O8. The molecule has 4 bridgehead atoms. The summed E-state index contributed by atoms with van der Waals surface area (Å²) < 4.78 is 23.2. The minimum Gasteiger partial charge on any atom is -0.495 e. The molecule has 43 heavy (non-hydrogen) atoms. The van der Waals surface area contributed by atoms with Crippen LogP contribution in [-0.2, 0) is 30.2 Å². The molecule has 11 heteroatoms. The Balaban J connectivity index is 1.78. The summed E-state index contributed by atoms with van der Waals surface area (Å²) in [7, 11) is 3.14. The average molecular weight is 619 g/mol. The van der Waals surface area contributed by atoms with Crippen LogP contribution in [0.25, 0.3) is 0 Å². The van der Waals surface area contributed by atoms with Crippen LogP contribution >= 0.6 is 11.6 Å². The lowest BCUT2D eigenvalue weighted by Gasteiger charge is -2.41. The molecule has 1 aromatic carbocycles. The van der Waals surface area contributed by atoms with Gasteiger partial charge in [0.15, 0.2) is 0 Å². The van der Waals surface area contributed by atoms with Crippen molar-refractivity contribution in [2.24, 2.45) is 17.8 Å². The molecule has 0 unspecified atom stereocenters. The van der Waals surface area contributed by atoms with Crippen molar-refractivity contribution in [3.05, 3.63) is 46.5 Å².